The molecule has 4 heteroatoms. The van der Waals surface area contributed by atoms with E-state index in [4.69, 9.17) is 9.47 Å². The van der Waals surface area contributed by atoms with Crippen molar-refractivity contribution < 1.29 is 14.6 Å². The molecule has 1 fully saturated rings. The maximum atomic E-state index is 9.67. The van der Waals surface area contributed by atoms with Crippen LogP contribution >= 0.6 is 0 Å². The van der Waals surface area contributed by atoms with Crippen LogP contribution in [0.25, 0.3) is 0 Å². The molecule has 1 aromatic carbocycles. The molecule has 0 amide bonds. The van der Waals surface area contributed by atoms with E-state index in [1.807, 2.05) is 6.07 Å². The molecule has 2 aliphatic rings. The van der Waals surface area contributed by atoms with Gasteiger partial charge in [0.15, 0.2) is 11.5 Å². The lowest BCUT2D eigenvalue weighted by Gasteiger charge is -2.25. The average molecular weight is 263 g/mol. The summed E-state index contributed by atoms with van der Waals surface area (Å²) in [5.41, 5.74) is 1.20. The number of hydrogen-bond donors (Lipinski definition) is 2. The molecule has 0 aromatic heterocycles. The molecule has 0 radical (unpaired) electrons. The van der Waals surface area contributed by atoms with Gasteiger partial charge in [0, 0.05) is 18.4 Å². The highest BCUT2D eigenvalue weighted by atomic mass is 16.5. The number of benzene rings is 1. The van der Waals surface area contributed by atoms with E-state index in [0.717, 1.165) is 50.5 Å². The maximum absolute atomic E-state index is 9.67. The van der Waals surface area contributed by atoms with Gasteiger partial charge in [-0.3, -0.25) is 0 Å². The Hall–Kier alpha value is -1.26. The van der Waals surface area contributed by atoms with Gasteiger partial charge in [-0.05, 0) is 37.1 Å². The van der Waals surface area contributed by atoms with Crippen LogP contribution in [0, 0.1) is 5.41 Å². The topological polar surface area (TPSA) is 50.7 Å². The van der Waals surface area contributed by atoms with Crippen molar-refractivity contribution in [3.05, 3.63) is 23.8 Å². The number of aliphatic hydroxyl groups is 1. The first-order valence-electron chi connectivity index (χ1n) is 7.01. The van der Waals surface area contributed by atoms with Crippen LogP contribution in [0.15, 0.2) is 18.2 Å². The van der Waals surface area contributed by atoms with E-state index in [-0.39, 0.29) is 12.0 Å². The molecule has 1 saturated heterocycles. The van der Waals surface area contributed by atoms with Crippen LogP contribution in [0.4, 0.5) is 0 Å². The lowest BCUT2D eigenvalue weighted by atomic mass is 9.81. The molecule has 0 saturated carbocycles. The molecule has 2 heterocycles. The zero-order valence-electron chi connectivity index (χ0n) is 11.2. The summed E-state index contributed by atoms with van der Waals surface area (Å²) in [6.45, 7) is 3.54. The van der Waals surface area contributed by atoms with Gasteiger partial charge in [0.2, 0.25) is 0 Å². The third-order valence-corrected chi connectivity index (χ3v) is 4.06. The molecule has 1 aromatic rings. The molecule has 0 aliphatic carbocycles. The Morgan fingerprint density at radius 2 is 2.05 bits per heavy atom. The summed E-state index contributed by atoms with van der Waals surface area (Å²) in [4.78, 5) is 0. The van der Waals surface area contributed by atoms with Gasteiger partial charge in [-0.15, -0.1) is 0 Å². The van der Waals surface area contributed by atoms with Crippen LogP contribution in [0.1, 0.15) is 18.4 Å². The summed E-state index contributed by atoms with van der Waals surface area (Å²) in [7, 11) is 0. The summed E-state index contributed by atoms with van der Waals surface area (Å²) in [5.74, 6) is 1.68. The molecule has 104 valence electrons. The van der Waals surface area contributed by atoms with Gasteiger partial charge in [-0.1, -0.05) is 6.07 Å². The number of aliphatic hydroxyl groups excluding tert-OH is 1. The van der Waals surface area contributed by atoms with E-state index in [9.17, 15) is 5.11 Å². The second kappa shape index (κ2) is 5.39. The molecule has 4 nitrogen and oxygen atoms in total. The lowest BCUT2D eigenvalue weighted by Crippen LogP contribution is -2.30. The van der Waals surface area contributed by atoms with E-state index in [0.29, 0.717) is 6.61 Å². The van der Waals surface area contributed by atoms with Crippen molar-refractivity contribution in [3.63, 3.8) is 0 Å². The van der Waals surface area contributed by atoms with Crippen molar-refractivity contribution in [2.75, 3.05) is 32.9 Å². The summed E-state index contributed by atoms with van der Waals surface area (Å²) >= 11 is 0. The van der Waals surface area contributed by atoms with Crippen LogP contribution in [0.5, 0.6) is 11.5 Å². The normalized spacial score (nSPS) is 26.2. The Balaban J connectivity index is 1.79. The van der Waals surface area contributed by atoms with Gasteiger partial charge in [0.25, 0.3) is 0 Å². The predicted octanol–water partition coefficient (Wildman–Crippen LogP) is 1.36. The van der Waals surface area contributed by atoms with Gasteiger partial charge in [0.05, 0.1) is 19.8 Å². The zero-order chi connectivity index (χ0) is 13.1. The third kappa shape index (κ3) is 2.69. The van der Waals surface area contributed by atoms with Crippen LogP contribution in [0.2, 0.25) is 0 Å². The second-order valence-electron chi connectivity index (χ2n) is 5.59. The van der Waals surface area contributed by atoms with Crippen LogP contribution < -0.4 is 14.8 Å². The highest BCUT2D eigenvalue weighted by Gasteiger charge is 2.33. The Labute approximate surface area is 113 Å². The quantitative estimate of drug-likeness (QED) is 0.864. The predicted molar refractivity (Wildman–Crippen MR) is 72.8 cm³/mol. The molecule has 1 atom stereocenters. The molecule has 2 aliphatic heterocycles. The first-order chi connectivity index (χ1) is 9.31. The minimum absolute atomic E-state index is 0.0141. The second-order valence-corrected chi connectivity index (χ2v) is 5.59. The van der Waals surface area contributed by atoms with E-state index >= 15 is 0 Å². The number of nitrogens with one attached hydrogen (secondary N) is 1. The Morgan fingerprint density at radius 1 is 1.21 bits per heavy atom. The van der Waals surface area contributed by atoms with Gasteiger partial charge >= 0.3 is 0 Å². The Morgan fingerprint density at radius 3 is 2.79 bits per heavy atom. The molecule has 0 bridgehead atoms. The third-order valence-electron chi connectivity index (χ3n) is 4.06. The van der Waals surface area contributed by atoms with Crippen molar-refractivity contribution >= 4 is 0 Å². The smallest absolute Gasteiger partial charge is 0.161 e. The molecule has 1 unspecified atom stereocenters. The molecule has 0 spiro atoms. The van der Waals surface area contributed by atoms with E-state index in [1.54, 1.807) is 0 Å². The molecular formula is C15H21NO3. The highest BCUT2D eigenvalue weighted by Crippen LogP contribution is 2.34. The first kappa shape index (κ1) is 12.8. The largest absolute Gasteiger partial charge is 0.490 e. The van der Waals surface area contributed by atoms with Crippen molar-refractivity contribution in [2.45, 2.75) is 19.3 Å². The van der Waals surface area contributed by atoms with Crippen LogP contribution in [-0.2, 0) is 6.42 Å². The van der Waals surface area contributed by atoms with Gasteiger partial charge in [-0.25, -0.2) is 0 Å². The molecule has 19 heavy (non-hydrogen) atoms. The standard InChI is InChI=1S/C15H21NO3/c17-11-15(4-5-16-10-15)9-12-2-3-13-14(8-12)19-7-1-6-18-13/h2-3,8,16-17H,1,4-7,9-11H2. The van der Waals surface area contributed by atoms with E-state index < -0.39 is 0 Å². The number of hydrogen-bond acceptors (Lipinski definition) is 4. The number of ether oxygens (including phenoxy) is 2. The average Bonchev–Trinajstić information content (AvgIpc) is 2.77. The van der Waals surface area contributed by atoms with Gasteiger partial charge in [-0.2, -0.15) is 0 Å². The van der Waals surface area contributed by atoms with Crippen molar-refractivity contribution in [1.29, 1.82) is 0 Å². The number of rotatable bonds is 3. The summed E-state index contributed by atoms with van der Waals surface area (Å²) in [5, 5.41) is 13.0. The first-order valence-corrected chi connectivity index (χ1v) is 7.01. The van der Waals surface area contributed by atoms with Gasteiger partial charge in [0.1, 0.15) is 0 Å². The fourth-order valence-electron chi connectivity index (χ4n) is 2.89. The molecule has 3 rings (SSSR count). The maximum Gasteiger partial charge on any atom is 0.161 e. The van der Waals surface area contributed by atoms with Crippen molar-refractivity contribution in [1.82, 2.24) is 5.32 Å². The minimum atomic E-state index is -0.0141. The Kier molecular flexibility index (Phi) is 3.62. The summed E-state index contributed by atoms with van der Waals surface area (Å²) in [6.07, 6.45) is 2.83. The van der Waals surface area contributed by atoms with E-state index in [1.165, 1.54) is 5.56 Å². The monoisotopic (exact) mass is 263 g/mol. The Bertz CT molecular complexity index is 441. The molecular weight excluding hydrogens is 242 g/mol. The zero-order valence-corrected chi connectivity index (χ0v) is 11.2. The lowest BCUT2D eigenvalue weighted by molar-refractivity contribution is 0.142. The van der Waals surface area contributed by atoms with Crippen LogP contribution in [0.3, 0.4) is 0 Å². The van der Waals surface area contributed by atoms with Gasteiger partial charge < -0.3 is 19.9 Å². The number of fused-ring (bicyclic) bond motifs is 1. The summed E-state index contributed by atoms with van der Waals surface area (Å²) < 4.78 is 11.4. The fourth-order valence-corrected chi connectivity index (χ4v) is 2.89. The van der Waals surface area contributed by atoms with E-state index in [2.05, 4.69) is 17.4 Å². The van der Waals surface area contributed by atoms with Crippen molar-refractivity contribution in [2.24, 2.45) is 5.41 Å². The minimum Gasteiger partial charge on any atom is -0.490 e. The van der Waals surface area contributed by atoms with Crippen molar-refractivity contribution in [3.8, 4) is 11.5 Å². The summed E-state index contributed by atoms with van der Waals surface area (Å²) in [6, 6.07) is 6.14. The SMILES string of the molecule is OCC1(Cc2ccc3c(c2)OCCCO3)CCNC1. The molecule has 2 N–H and O–H groups in total. The highest BCUT2D eigenvalue weighted by molar-refractivity contribution is 5.43. The van der Waals surface area contributed by atoms with Crippen LogP contribution in [-0.4, -0.2) is 38.0 Å². The fraction of sp³-hybridized carbons (Fsp3) is 0.600.